The molecule has 0 saturated heterocycles. The van der Waals surface area contributed by atoms with Gasteiger partial charge in [-0.15, -0.1) is 11.8 Å². The second-order valence-corrected chi connectivity index (χ2v) is 6.90. The average molecular weight is 301 g/mol. The van der Waals surface area contributed by atoms with Crippen LogP contribution in [0.5, 0.6) is 0 Å². The van der Waals surface area contributed by atoms with Crippen LogP contribution in [0.2, 0.25) is 0 Å². The minimum Gasteiger partial charge on any atom is -1.00 e. The number of hydrogen-bond donors (Lipinski definition) is 1. The fourth-order valence-electron chi connectivity index (χ4n) is 1.34. The molecule has 0 aliphatic carbocycles. The molecule has 1 aliphatic heterocycles. The summed E-state index contributed by atoms with van der Waals surface area (Å²) in [5.41, 5.74) is 1.12. The summed E-state index contributed by atoms with van der Waals surface area (Å²) in [5.74, 6) is 0.976. The first-order valence-electron chi connectivity index (χ1n) is 4.64. The molecule has 1 aromatic rings. The number of anilines is 1. The molecule has 0 spiro atoms. The van der Waals surface area contributed by atoms with Gasteiger partial charge < -0.3 is 5.73 Å². The third-order valence-corrected chi connectivity index (χ3v) is 5.27. The van der Waals surface area contributed by atoms with Gasteiger partial charge in [0, 0.05) is 10.6 Å². The summed E-state index contributed by atoms with van der Waals surface area (Å²) >= 11 is 3.15. The summed E-state index contributed by atoms with van der Waals surface area (Å²) in [5, 5.41) is 0. The van der Waals surface area contributed by atoms with Crippen molar-refractivity contribution in [3.63, 3.8) is 0 Å². The van der Waals surface area contributed by atoms with E-state index in [0.717, 1.165) is 11.6 Å². The molecule has 1 aromatic carbocycles. The number of nitrogens with zero attached hydrogens (tertiary/aromatic N) is 1. The van der Waals surface area contributed by atoms with E-state index in [4.69, 9.17) is 4.55 Å². The smallest absolute Gasteiger partial charge is 1.00 e. The number of fused-ring (bicyclic) bond motifs is 1. The Kier molecular flexibility index (Phi) is 6.18. The van der Waals surface area contributed by atoms with Gasteiger partial charge in [-0.05, 0) is 24.1 Å². The van der Waals surface area contributed by atoms with Gasteiger partial charge in [0.2, 0.25) is 0 Å². The van der Waals surface area contributed by atoms with E-state index in [1.807, 2.05) is 28.6 Å². The Balaban J connectivity index is 0.00000144. The van der Waals surface area contributed by atoms with Crippen molar-refractivity contribution < 1.29 is 44.0 Å². The number of benzene rings is 1. The normalized spacial score (nSPS) is 14.3. The van der Waals surface area contributed by atoms with Crippen LogP contribution in [0.1, 0.15) is 1.43 Å². The molecule has 0 amide bonds. The van der Waals surface area contributed by atoms with Gasteiger partial charge in [-0.1, -0.05) is 12.1 Å². The van der Waals surface area contributed by atoms with E-state index < -0.39 is 10.1 Å². The summed E-state index contributed by atoms with van der Waals surface area (Å²) in [6.45, 7) is 0. The maximum atomic E-state index is 10.6. The van der Waals surface area contributed by atoms with E-state index in [1.54, 1.807) is 11.8 Å². The van der Waals surface area contributed by atoms with E-state index in [9.17, 15) is 8.42 Å². The number of hydrogen-bond acceptors (Lipinski definition) is 5. The van der Waals surface area contributed by atoms with E-state index >= 15 is 0 Å². The molecule has 4 nitrogen and oxygen atoms in total. The summed E-state index contributed by atoms with van der Waals surface area (Å²) in [4.78, 5) is 1.21. The number of thioether (sulfide) groups is 1. The maximum Gasteiger partial charge on any atom is 1.00 e. The van der Waals surface area contributed by atoms with Gasteiger partial charge in [-0.25, -0.2) is 0 Å². The molecule has 0 bridgehead atoms. The summed E-state index contributed by atoms with van der Waals surface area (Å²) in [7, 11) is -3.85. The zero-order chi connectivity index (χ0) is 11.6. The average Bonchev–Trinajstić information content (AvgIpc) is 2.60. The first kappa shape index (κ1) is 15.7. The van der Waals surface area contributed by atoms with Crippen LogP contribution >= 0.6 is 23.7 Å². The molecule has 1 aliphatic rings. The van der Waals surface area contributed by atoms with Crippen molar-refractivity contribution in [1.29, 1.82) is 0 Å². The van der Waals surface area contributed by atoms with Gasteiger partial charge in [-0.3, -0.25) is 4.55 Å². The van der Waals surface area contributed by atoms with Crippen molar-refractivity contribution in [3.8, 4) is 0 Å². The first-order chi connectivity index (χ1) is 7.56. The molecule has 1 heterocycles. The molecule has 90 valence electrons. The minimum atomic E-state index is -3.85. The zero-order valence-corrected chi connectivity index (χ0v) is 13.8. The van der Waals surface area contributed by atoms with Crippen molar-refractivity contribution in [3.05, 3.63) is 24.3 Å². The third-order valence-electron chi connectivity index (χ3n) is 2.06. The van der Waals surface area contributed by atoms with Gasteiger partial charge in [0.1, 0.15) is 0 Å². The molecule has 0 radical (unpaired) electrons. The summed E-state index contributed by atoms with van der Waals surface area (Å²) in [6, 6.07) is 8.00. The third kappa shape index (κ3) is 4.66. The van der Waals surface area contributed by atoms with Crippen molar-refractivity contribution in [2.75, 3.05) is 21.7 Å². The predicted molar refractivity (Wildman–Crippen MR) is 69.6 cm³/mol. The van der Waals surface area contributed by atoms with E-state index in [-0.39, 0.29) is 36.7 Å². The Morgan fingerprint density at radius 2 is 2.18 bits per heavy atom. The number of para-hydroxylation sites is 1. The standard InChI is InChI=1S/C9H11NO3S3.Na.H/c11-16(12,13)6-5-15-10-7-14-9-4-2-1-3-8(9)10;;/h1-4H,5-7H2,(H,11,12,13);;/q;+1;-1. The minimum absolute atomic E-state index is 0. The molecule has 17 heavy (non-hydrogen) atoms. The number of rotatable bonds is 4. The molecule has 0 unspecified atom stereocenters. The monoisotopic (exact) mass is 301 g/mol. The van der Waals surface area contributed by atoms with Crippen molar-refractivity contribution in [2.45, 2.75) is 4.90 Å². The van der Waals surface area contributed by atoms with Crippen LogP contribution in [-0.4, -0.2) is 30.4 Å². The Morgan fingerprint density at radius 3 is 2.88 bits per heavy atom. The molecule has 2 rings (SSSR count). The van der Waals surface area contributed by atoms with Gasteiger partial charge in [0.05, 0.1) is 17.3 Å². The fraction of sp³-hybridized carbons (Fsp3) is 0.333. The second-order valence-electron chi connectivity index (χ2n) is 3.24. The Hall–Kier alpha value is 0.630. The molecule has 0 atom stereocenters. The van der Waals surface area contributed by atoms with Crippen LogP contribution in [-0.2, 0) is 10.1 Å². The molecule has 0 fully saturated rings. The summed E-state index contributed by atoms with van der Waals surface area (Å²) < 4.78 is 31.8. The molecule has 1 N–H and O–H groups in total. The predicted octanol–water partition coefficient (Wildman–Crippen LogP) is -0.791. The van der Waals surface area contributed by atoms with E-state index in [0.29, 0.717) is 5.75 Å². The van der Waals surface area contributed by atoms with Crippen molar-refractivity contribution in [2.24, 2.45) is 0 Å². The van der Waals surface area contributed by atoms with Gasteiger partial charge in [0.25, 0.3) is 10.1 Å². The van der Waals surface area contributed by atoms with Crippen LogP contribution in [0.3, 0.4) is 0 Å². The maximum absolute atomic E-state index is 10.6. The quantitative estimate of drug-likeness (QED) is 0.447. The van der Waals surface area contributed by atoms with Crippen LogP contribution in [0.4, 0.5) is 5.69 Å². The SMILES string of the molecule is O=S(=O)(O)CCSN1CSc2ccccc21.[H-].[Na+]. The Morgan fingerprint density at radius 1 is 1.47 bits per heavy atom. The van der Waals surface area contributed by atoms with Crippen molar-refractivity contribution in [1.82, 2.24) is 0 Å². The molecular formula is C9H12NNaO3S3. The summed E-state index contributed by atoms with van der Waals surface area (Å²) in [6.07, 6.45) is 0. The van der Waals surface area contributed by atoms with Crippen LogP contribution in [0.25, 0.3) is 0 Å². The molecule has 0 aromatic heterocycles. The van der Waals surface area contributed by atoms with Crippen LogP contribution < -0.4 is 33.9 Å². The van der Waals surface area contributed by atoms with E-state index in [1.165, 1.54) is 16.8 Å². The topological polar surface area (TPSA) is 57.6 Å². The van der Waals surface area contributed by atoms with Crippen molar-refractivity contribution >= 4 is 39.5 Å². The Labute approximate surface area is 133 Å². The van der Waals surface area contributed by atoms with Gasteiger partial charge >= 0.3 is 29.6 Å². The van der Waals surface area contributed by atoms with E-state index in [2.05, 4.69) is 0 Å². The molecular weight excluding hydrogens is 289 g/mol. The zero-order valence-electron chi connectivity index (χ0n) is 10.4. The van der Waals surface area contributed by atoms with Crippen LogP contribution in [0, 0.1) is 0 Å². The van der Waals surface area contributed by atoms with Gasteiger partial charge in [-0.2, -0.15) is 8.42 Å². The largest absolute Gasteiger partial charge is 1.00 e. The molecule has 0 saturated carbocycles. The first-order valence-corrected chi connectivity index (χ1v) is 8.17. The van der Waals surface area contributed by atoms with Gasteiger partial charge in [0.15, 0.2) is 0 Å². The fourth-order valence-corrected chi connectivity index (χ4v) is 4.41. The molecule has 8 heteroatoms. The Bertz CT molecular complexity index is 486. The second kappa shape index (κ2) is 6.70. The van der Waals surface area contributed by atoms with Crippen LogP contribution in [0.15, 0.2) is 29.2 Å².